The minimum absolute atomic E-state index is 0.188. The molecule has 0 amide bonds. The summed E-state index contributed by atoms with van der Waals surface area (Å²) in [4.78, 5) is 2.59. The molecule has 0 fully saturated rings. The number of nitriles is 1. The number of nitrogens with one attached hydrogen (secondary N) is 1. The van der Waals surface area contributed by atoms with Crippen LogP contribution in [0, 0.1) is 17.1 Å². The van der Waals surface area contributed by atoms with Crippen LogP contribution in [0.2, 0.25) is 5.02 Å². The average molecular weight is 254 g/mol. The number of benzene rings is 1. The third kappa shape index (κ3) is 3.93. The normalized spacial score (nSPS) is 11.4. The van der Waals surface area contributed by atoms with E-state index in [1.165, 1.54) is 12.1 Å². The highest BCUT2D eigenvalue weighted by Crippen LogP contribution is 2.23. The molecule has 0 spiro atoms. The van der Waals surface area contributed by atoms with E-state index in [0.29, 0.717) is 12.1 Å². The maximum Gasteiger partial charge on any atom is 0.124 e. The monoisotopic (exact) mass is 253 g/mol. The lowest BCUT2D eigenvalue weighted by Gasteiger charge is -2.12. The van der Waals surface area contributed by atoms with Crippen LogP contribution < -0.4 is 5.32 Å². The van der Waals surface area contributed by atoms with Gasteiger partial charge in [0.1, 0.15) is 11.9 Å². The molecule has 0 radical (unpaired) electrons. The standard InChI is InChI=1S/C10H9ClFN5/c11-9-5-7(12)1-2-8(9)10(6-13)15-3-4-16-17-14/h1-2,5,10,15H,3-4H2. The fraction of sp³-hybridized carbons (Fsp3) is 0.300. The van der Waals surface area contributed by atoms with Crippen LogP contribution >= 0.6 is 11.6 Å². The zero-order valence-electron chi connectivity index (χ0n) is 8.77. The van der Waals surface area contributed by atoms with E-state index in [1.807, 2.05) is 6.07 Å². The van der Waals surface area contributed by atoms with Gasteiger partial charge in [-0.25, -0.2) is 4.39 Å². The van der Waals surface area contributed by atoms with Gasteiger partial charge in [0.25, 0.3) is 0 Å². The first-order valence-electron chi connectivity index (χ1n) is 4.78. The molecule has 1 N–H and O–H groups in total. The SMILES string of the molecule is N#CC(NCCN=[N+]=[N-])c1ccc(F)cc1Cl. The molecular formula is C10H9ClFN5. The van der Waals surface area contributed by atoms with Crippen LogP contribution in [-0.4, -0.2) is 13.1 Å². The first-order valence-corrected chi connectivity index (χ1v) is 5.15. The molecule has 0 bridgehead atoms. The minimum Gasteiger partial charge on any atom is -0.298 e. The van der Waals surface area contributed by atoms with Gasteiger partial charge in [-0.15, -0.1) is 0 Å². The molecule has 17 heavy (non-hydrogen) atoms. The van der Waals surface area contributed by atoms with Crippen LogP contribution in [0.1, 0.15) is 11.6 Å². The zero-order valence-corrected chi connectivity index (χ0v) is 9.52. The van der Waals surface area contributed by atoms with Crippen molar-refractivity contribution in [2.24, 2.45) is 5.11 Å². The second-order valence-corrected chi connectivity index (χ2v) is 3.54. The van der Waals surface area contributed by atoms with E-state index in [-0.39, 0.29) is 11.6 Å². The molecule has 0 saturated carbocycles. The Hall–Kier alpha value is -1.80. The Bertz CT molecular complexity index is 478. The fourth-order valence-corrected chi connectivity index (χ4v) is 1.54. The number of nitrogens with zero attached hydrogens (tertiary/aromatic N) is 4. The van der Waals surface area contributed by atoms with Crippen molar-refractivity contribution in [1.82, 2.24) is 5.32 Å². The van der Waals surface area contributed by atoms with Gasteiger partial charge in [-0.3, -0.25) is 5.32 Å². The van der Waals surface area contributed by atoms with Crippen LogP contribution in [0.5, 0.6) is 0 Å². The lowest BCUT2D eigenvalue weighted by molar-refractivity contribution is 0.616. The molecule has 7 heteroatoms. The van der Waals surface area contributed by atoms with Crippen LogP contribution in [0.3, 0.4) is 0 Å². The smallest absolute Gasteiger partial charge is 0.124 e. The Balaban J connectivity index is 2.73. The Morgan fingerprint density at radius 3 is 3.00 bits per heavy atom. The maximum atomic E-state index is 12.8. The molecule has 1 aromatic rings. The molecule has 0 aliphatic carbocycles. The van der Waals surface area contributed by atoms with Crippen LogP contribution in [0.25, 0.3) is 10.4 Å². The van der Waals surface area contributed by atoms with Crippen molar-refractivity contribution < 1.29 is 4.39 Å². The fourth-order valence-electron chi connectivity index (χ4n) is 1.26. The summed E-state index contributed by atoms with van der Waals surface area (Å²) in [6.45, 7) is 0.573. The third-order valence-electron chi connectivity index (χ3n) is 2.03. The van der Waals surface area contributed by atoms with E-state index in [1.54, 1.807) is 0 Å². The van der Waals surface area contributed by atoms with Crippen molar-refractivity contribution in [1.29, 1.82) is 5.26 Å². The molecule has 1 rings (SSSR count). The van der Waals surface area contributed by atoms with Crippen LogP contribution in [0.4, 0.5) is 4.39 Å². The quantitative estimate of drug-likeness (QED) is 0.379. The van der Waals surface area contributed by atoms with Crippen molar-refractivity contribution in [3.63, 3.8) is 0 Å². The second kappa shape index (κ2) is 6.71. The van der Waals surface area contributed by atoms with E-state index in [0.717, 1.165) is 6.07 Å². The molecule has 0 aliphatic heterocycles. The highest BCUT2D eigenvalue weighted by Gasteiger charge is 2.13. The van der Waals surface area contributed by atoms with Gasteiger partial charge in [0.15, 0.2) is 0 Å². The van der Waals surface area contributed by atoms with E-state index in [9.17, 15) is 4.39 Å². The van der Waals surface area contributed by atoms with Gasteiger partial charge in [0, 0.05) is 28.6 Å². The molecule has 0 heterocycles. The molecule has 1 unspecified atom stereocenters. The van der Waals surface area contributed by atoms with Crippen LogP contribution in [0.15, 0.2) is 23.3 Å². The Labute approximate surface area is 102 Å². The summed E-state index contributed by atoms with van der Waals surface area (Å²) in [5.74, 6) is -0.454. The summed E-state index contributed by atoms with van der Waals surface area (Å²) in [6.07, 6.45) is 0. The summed E-state index contributed by atoms with van der Waals surface area (Å²) in [6, 6.07) is 5.18. The molecule has 0 aliphatic rings. The van der Waals surface area contributed by atoms with E-state index >= 15 is 0 Å². The summed E-state index contributed by atoms with van der Waals surface area (Å²) < 4.78 is 12.8. The first-order chi connectivity index (χ1) is 8.19. The van der Waals surface area contributed by atoms with E-state index in [2.05, 4.69) is 15.3 Å². The summed E-state index contributed by atoms with van der Waals surface area (Å²) in [5.41, 5.74) is 8.58. The summed E-state index contributed by atoms with van der Waals surface area (Å²) >= 11 is 5.83. The van der Waals surface area contributed by atoms with Gasteiger partial charge in [0.2, 0.25) is 0 Å². The average Bonchev–Trinajstić information content (AvgIpc) is 2.31. The lowest BCUT2D eigenvalue weighted by Crippen LogP contribution is -2.23. The topological polar surface area (TPSA) is 84.6 Å². The van der Waals surface area contributed by atoms with E-state index < -0.39 is 11.9 Å². The lowest BCUT2D eigenvalue weighted by atomic mass is 10.1. The predicted octanol–water partition coefficient (Wildman–Crippen LogP) is 2.94. The van der Waals surface area contributed by atoms with Crippen molar-refractivity contribution >= 4 is 11.6 Å². The molecule has 1 aromatic carbocycles. The van der Waals surface area contributed by atoms with Crippen molar-refractivity contribution in [3.05, 3.63) is 45.0 Å². The number of azide groups is 1. The molecule has 1 atom stereocenters. The van der Waals surface area contributed by atoms with Gasteiger partial charge in [-0.1, -0.05) is 22.8 Å². The van der Waals surface area contributed by atoms with Gasteiger partial charge in [-0.05, 0) is 17.7 Å². The van der Waals surface area contributed by atoms with Gasteiger partial charge in [-0.2, -0.15) is 5.26 Å². The maximum absolute atomic E-state index is 12.8. The number of halogens is 2. The molecule has 88 valence electrons. The predicted molar refractivity (Wildman–Crippen MR) is 61.8 cm³/mol. The van der Waals surface area contributed by atoms with Crippen LogP contribution in [-0.2, 0) is 0 Å². The van der Waals surface area contributed by atoms with Crippen molar-refractivity contribution in [2.75, 3.05) is 13.1 Å². The number of rotatable bonds is 5. The van der Waals surface area contributed by atoms with Crippen molar-refractivity contribution in [3.8, 4) is 6.07 Å². The highest BCUT2D eigenvalue weighted by molar-refractivity contribution is 6.31. The first kappa shape index (κ1) is 13.3. The second-order valence-electron chi connectivity index (χ2n) is 3.14. The molecule has 0 aromatic heterocycles. The summed E-state index contributed by atoms with van der Waals surface area (Å²) in [5, 5.41) is 15.3. The van der Waals surface area contributed by atoms with Crippen molar-refractivity contribution in [2.45, 2.75) is 6.04 Å². The molecular weight excluding hydrogens is 245 g/mol. The summed E-state index contributed by atoms with van der Waals surface area (Å²) in [7, 11) is 0. The zero-order chi connectivity index (χ0) is 12.7. The van der Waals surface area contributed by atoms with E-state index in [4.69, 9.17) is 22.4 Å². The van der Waals surface area contributed by atoms with Gasteiger partial charge in [0.05, 0.1) is 6.07 Å². The third-order valence-corrected chi connectivity index (χ3v) is 2.35. The highest BCUT2D eigenvalue weighted by atomic mass is 35.5. The molecule has 0 saturated heterocycles. The minimum atomic E-state index is -0.656. The van der Waals surface area contributed by atoms with Gasteiger partial charge < -0.3 is 0 Å². The number of hydrogen-bond acceptors (Lipinski definition) is 3. The Morgan fingerprint density at radius 2 is 2.41 bits per heavy atom. The Kier molecular flexibility index (Phi) is 5.24. The largest absolute Gasteiger partial charge is 0.298 e. The molecule has 5 nitrogen and oxygen atoms in total. The number of hydrogen-bond donors (Lipinski definition) is 1. The Morgan fingerprint density at radius 1 is 1.65 bits per heavy atom. The van der Waals surface area contributed by atoms with Gasteiger partial charge >= 0.3 is 0 Å².